The van der Waals surface area contributed by atoms with Crippen LogP contribution < -0.4 is 5.56 Å². The van der Waals surface area contributed by atoms with E-state index in [-0.39, 0.29) is 17.9 Å². The van der Waals surface area contributed by atoms with Gasteiger partial charge in [-0.15, -0.1) is 0 Å². The van der Waals surface area contributed by atoms with Crippen molar-refractivity contribution in [3.63, 3.8) is 0 Å². The van der Waals surface area contributed by atoms with Crippen molar-refractivity contribution in [3.05, 3.63) is 28.4 Å². The van der Waals surface area contributed by atoms with Gasteiger partial charge in [0.05, 0.1) is 13.2 Å². The van der Waals surface area contributed by atoms with E-state index in [4.69, 9.17) is 14.2 Å². The number of halogens is 1. The summed E-state index contributed by atoms with van der Waals surface area (Å²) in [6.07, 6.45) is 1.25. The Kier molecular flexibility index (Phi) is 4.47. The molecule has 1 aromatic heterocycles. The van der Waals surface area contributed by atoms with Crippen LogP contribution in [0.25, 0.3) is 0 Å². The first-order valence-corrected chi connectivity index (χ1v) is 8.63. The van der Waals surface area contributed by atoms with E-state index < -0.39 is 29.6 Å². The fraction of sp³-hybridized carbons (Fsp3) is 0.643. The molecule has 2 fully saturated rings. The molecule has 0 bridgehead atoms. The highest BCUT2D eigenvalue weighted by Crippen LogP contribution is 2.42. The predicted octanol–water partition coefficient (Wildman–Crippen LogP) is 0.882. The zero-order valence-corrected chi connectivity index (χ0v) is 15.1. The van der Waals surface area contributed by atoms with E-state index in [2.05, 4.69) is 32.3 Å². The van der Waals surface area contributed by atoms with Gasteiger partial charge < -0.3 is 18.9 Å². The summed E-state index contributed by atoms with van der Waals surface area (Å²) in [5.74, 6) is -1.53. The summed E-state index contributed by atoms with van der Waals surface area (Å²) in [5.41, 5.74) is -0.864. The molecule has 0 saturated carbocycles. The van der Waals surface area contributed by atoms with Gasteiger partial charge in [-0.2, -0.15) is 0 Å². The van der Waals surface area contributed by atoms with E-state index in [1.165, 1.54) is 24.1 Å². The molecule has 3 rings (SSSR count). The number of methoxy groups -OCH3 is 1. The minimum atomic E-state index is -0.784. The monoisotopic (exact) mass is 436 g/mol. The van der Waals surface area contributed by atoms with Crippen LogP contribution in [-0.4, -0.2) is 51.2 Å². The minimum absolute atomic E-state index is 0.200. The highest BCUT2D eigenvalue weighted by molar-refractivity contribution is 14.1. The lowest BCUT2D eigenvalue weighted by Crippen LogP contribution is -2.36. The Morgan fingerprint density at radius 2 is 2.13 bits per heavy atom. The lowest BCUT2D eigenvalue weighted by Gasteiger charge is -2.24. The van der Waals surface area contributed by atoms with Crippen LogP contribution in [-0.2, 0) is 18.9 Å². The summed E-state index contributed by atoms with van der Waals surface area (Å²) >= 11 is 2.20. The Balaban J connectivity index is 1.99. The van der Waals surface area contributed by atoms with E-state index >= 15 is 0 Å². The van der Waals surface area contributed by atoms with Crippen molar-refractivity contribution >= 4 is 28.6 Å². The van der Waals surface area contributed by atoms with E-state index in [1.54, 1.807) is 0 Å². The number of hydrogen-bond acceptors (Lipinski definition) is 7. The average molecular weight is 436 g/mol. The number of carbonyl (C=O) groups excluding carboxylic acids is 1. The van der Waals surface area contributed by atoms with Gasteiger partial charge in [0.2, 0.25) is 5.69 Å². The maximum atomic E-state index is 12.5. The van der Waals surface area contributed by atoms with Crippen molar-refractivity contribution in [1.82, 2.24) is 9.55 Å². The van der Waals surface area contributed by atoms with Gasteiger partial charge in [0.25, 0.3) is 5.56 Å². The number of esters is 1. The quantitative estimate of drug-likeness (QED) is 0.395. The molecule has 8 nitrogen and oxygen atoms in total. The Bertz CT molecular complexity index is 675. The molecule has 0 N–H and O–H groups in total. The van der Waals surface area contributed by atoms with Crippen molar-refractivity contribution in [2.45, 2.75) is 44.2 Å². The standard InChI is InChI=1S/C14H17IN2O6/c1-14(2)22-9-7(6-15)21-12(10(9)23-14)17-5-4-16-8(11(17)18)13(19)20-3/h4-5,7,9-10,12H,6H2,1-3H3/t7-,9+,10-,12-/m1/s1. The Hall–Kier alpha value is -1.04. The second-order valence-electron chi connectivity index (χ2n) is 5.76. The molecule has 23 heavy (non-hydrogen) atoms. The van der Waals surface area contributed by atoms with Gasteiger partial charge in [-0.3, -0.25) is 9.36 Å². The summed E-state index contributed by atoms with van der Waals surface area (Å²) in [7, 11) is 1.20. The van der Waals surface area contributed by atoms with Crippen LogP contribution in [0.5, 0.6) is 0 Å². The van der Waals surface area contributed by atoms with Gasteiger partial charge in [-0.05, 0) is 13.8 Å². The lowest BCUT2D eigenvalue weighted by atomic mass is 10.1. The van der Waals surface area contributed by atoms with Crippen molar-refractivity contribution < 1.29 is 23.7 Å². The Morgan fingerprint density at radius 3 is 2.78 bits per heavy atom. The maximum Gasteiger partial charge on any atom is 0.362 e. The largest absolute Gasteiger partial charge is 0.464 e. The number of aromatic nitrogens is 2. The highest BCUT2D eigenvalue weighted by Gasteiger charge is 2.55. The molecule has 126 valence electrons. The third-order valence-corrected chi connectivity index (χ3v) is 4.67. The van der Waals surface area contributed by atoms with E-state index in [9.17, 15) is 9.59 Å². The smallest absolute Gasteiger partial charge is 0.362 e. The van der Waals surface area contributed by atoms with Gasteiger partial charge in [-0.1, -0.05) is 22.6 Å². The zero-order valence-electron chi connectivity index (χ0n) is 12.9. The second-order valence-corrected chi connectivity index (χ2v) is 6.64. The van der Waals surface area contributed by atoms with Crippen LogP contribution in [0.3, 0.4) is 0 Å². The number of nitrogens with zero attached hydrogens (tertiary/aromatic N) is 2. The third kappa shape index (κ3) is 2.90. The van der Waals surface area contributed by atoms with Crippen molar-refractivity contribution in [1.29, 1.82) is 0 Å². The molecule has 0 radical (unpaired) electrons. The molecule has 1 aromatic rings. The number of fused-ring (bicyclic) bond motifs is 1. The second kappa shape index (κ2) is 6.11. The first kappa shape index (κ1) is 16.8. The molecule has 0 unspecified atom stereocenters. The summed E-state index contributed by atoms with van der Waals surface area (Å²) in [6.45, 7) is 3.64. The van der Waals surface area contributed by atoms with Crippen LogP contribution in [0.4, 0.5) is 0 Å². The summed E-state index contributed by atoms with van der Waals surface area (Å²) < 4.78 is 24.3. The topological polar surface area (TPSA) is 88.9 Å². The van der Waals surface area contributed by atoms with Crippen LogP contribution >= 0.6 is 22.6 Å². The minimum Gasteiger partial charge on any atom is -0.464 e. The number of carbonyl (C=O) groups is 1. The highest BCUT2D eigenvalue weighted by atomic mass is 127. The summed E-state index contributed by atoms with van der Waals surface area (Å²) in [4.78, 5) is 28.0. The molecule has 9 heteroatoms. The predicted molar refractivity (Wildman–Crippen MR) is 86.5 cm³/mol. The van der Waals surface area contributed by atoms with Gasteiger partial charge in [0.15, 0.2) is 12.0 Å². The SMILES string of the molecule is COC(=O)c1nccn([C@@H]2O[C@H](CI)[C@@H]3OC(C)(C)O[C@H]32)c1=O. The maximum absolute atomic E-state index is 12.5. The molecule has 0 amide bonds. The van der Waals surface area contributed by atoms with E-state index in [0.717, 1.165) is 0 Å². The number of alkyl halides is 1. The molecule has 2 aliphatic heterocycles. The van der Waals surface area contributed by atoms with Gasteiger partial charge in [0, 0.05) is 16.8 Å². The van der Waals surface area contributed by atoms with Gasteiger partial charge in [0.1, 0.15) is 12.2 Å². The first-order chi connectivity index (χ1) is 10.9. The fourth-order valence-electron chi connectivity index (χ4n) is 2.87. The lowest BCUT2D eigenvalue weighted by molar-refractivity contribution is -0.194. The molecule has 2 aliphatic rings. The zero-order chi connectivity index (χ0) is 16.8. The molecule has 0 aliphatic carbocycles. The molecule has 3 heterocycles. The molecule has 0 aromatic carbocycles. The number of ether oxygens (including phenoxy) is 4. The van der Waals surface area contributed by atoms with Crippen LogP contribution in [0, 0.1) is 0 Å². The normalized spacial score (nSPS) is 31.8. The Morgan fingerprint density at radius 1 is 1.43 bits per heavy atom. The molecule has 4 atom stereocenters. The number of hydrogen-bond donors (Lipinski definition) is 0. The third-order valence-electron chi connectivity index (χ3n) is 3.80. The average Bonchev–Trinajstić information content (AvgIpc) is 2.99. The molecular formula is C14H17IN2O6. The molecular weight excluding hydrogens is 419 g/mol. The fourth-order valence-corrected chi connectivity index (χ4v) is 3.58. The van der Waals surface area contributed by atoms with E-state index in [0.29, 0.717) is 4.43 Å². The van der Waals surface area contributed by atoms with Crippen LogP contribution in [0.2, 0.25) is 0 Å². The summed E-state index contributed by atoms with van der Waals surface area (Å²) in [6, 6.07) is 0. The molecule has 2 saturated heterocycles. The summed E-state index contributed by atoms with van der Waals surface area (Å²) in [5, 5.41) is 0. The van der Waals surface area contributed by atoms with Crippen LogP contribution in [0.1, 0.15) is 30.6 Å². The van der Waals surface area contributed by atoms with Crippen LogP contribution in [0.15, 0.2) is 17.2 Å². The van der Waals surface area contributed by atoms with Gasteiger partial charge >= 0.3 is 5.97 Å². The Labute approximate surface area is 146 Å². The molecule has 0 spiro atoms. The van der Waals surface area contributed by atoms with Crippen molar-refractivity contribution in [3.8, 4) is 0 Å². The first-order valence-electron chi connectivity index (χ1n) is 7.10. The van der Waals surface area contributed by atoms with Gasteiger partial charge in [-0.25, -0.2) is 9.78 Å². The van der Waals surface area contributed by atoms with E-state index in [1.807, 2.05) is 13.8 Å². The van der Waals surface area contributed by atoms with Crippen molar-refractivity contribution in [2.75, 3.05) is 11.5 Å². The number of rotatable bonds is 3. The van der Waals surface area contributed by atoms with Crippen molar-refractivity contribution in [2.24, 2.45) is 0 Å².